The van der Waals surface area contributed by atoms with Gasteiger partial charge >= 0.3 is 0 Å². The molecule has 2 heterocycles. The summed E-state index contributed by atoms with van der Waals surface area (Å²) in [5.74, 6) is 1.50. The molecule has 0 amide bonds. The summed E-state index contributed by atoms with van der Waals surface area (Å²) >= 11 is 0. The Morgan fingerprint density at radius 3 is 3.04 bits per heavy atom. The third-order valence-corrected chi connectivity index (χ3v) is 4.66. The Morgan fingerprint density at radius 2 is 2.28 bits per heavy atom. The van der Waals surface area contributed by atoms with Gasteiger partial charge in [-0.15, -0.1) is 0 Å². The number of nitrogens with zero attached hydrogens (tertiary/aromatic N) is 3. The Morgan fingerprint density at radius 1 is 1.40 bits per heavy atom. The molecule has 1 aliphatic heterocycles. The molecule has 0 saturated carbocycles. The van der Waals surface area contributed by atoms with Crippen molar-refractivity contribution in [3.05, 3.63) is 23.9 Å². The number of guanidine groups is 1. The van der Waals surface area contributed by atoms with Gasteiger partial charge in [0.15, 0.2) is 5.96 Å². The van der Waals surface area contributed by atoms with E-state index in [1.807, 2.05) is 19.1 Å². The molecule has 0 aliphatic carbocycles. The van der Waals surface area contributed by atoms with Crippen LogP contribution in [0.25, 0.3) is 0 Å². The second kappa shape index (κ2) is 10.9. The number of hydrogen-bond acceptors (Lipinski definition) is 4. The van der Waals surface area contributed by atoms with E-state index in [4.69, 9.17) is 4.74 Å². The van der Waals surface area contributed by atoms with Crippen LogP contribution in [0.4, 0.5) is 0 Å². The van der Waals surface area contributed by atoms with Crippen molar-refractivity contribution in [2.75, 3.05) is 33.3 Å². The van der Waals surface area contributed by atoms with Crippen molar-refractivity contribution in [2.24, 2.45) is 4.99 Å². The summed E-state index contributed by atoms with van der Waals surface area (Å²) in [7, 11) is 1.80. The molecule has 140 valence electrons. The van der Waals surface area contributed by atoms with E-state index in [1.165, 1.54) is 25.8 Å². The first-order valence-electron chi connectivity index (χ1n) is 9.49. The summed E-state index contributed by atoms with van der Waals surface area (Å²) in [5.41, 5.74) is 1.04. The highest BCUT2D eigenvalue weighted by atomic mass is 16.5. The third-order valence-electron chi connectivity index (χ3n) is 4.66. The first-order chi connectivity index (χ1) is 12.2. The smallest absolute Gasteiger partial charge is 0.218 e. The third kappa shape index (κ3) is 6.53. The Hall–Kier alpha value is -1.82. The van der Waals surface area contributed by atoms with E-state index in [0.717, 1.165) is 37.1 Å². The van der Waals surface area contributed by atoms with Crippen LogP contribution in [-0.4, -0.2) is 55.2 Å². The van der Waals surface area contributed by atoms with Gasteiger partial charge in [-0.2, -0.15) is 0 Å². The van der Waals surface area contributed by atoms with E-state index >= 15 is 0 Å². The molecule has 0 aromatic carbocycles. The minimum atomic E-state index is 0.617. The second-order valence-electron chi connectivity index (χ2n) is 6.49. The lowest BCUT2D eigenvalue weighted by Crippen LogP contribution is -2.41. The predicted molar refractivity (Wildman–Crippen MR) is 103 cm³/mol. The molecule has 1 atom stereocenters. The lowest BCUT2D eigenvalue weighted by molar-refractivity contribution is 0.159. The quantitative estimate of drug-likeness (QED) is 0.430. The molecule has 1 aliphatic rings. The maximum atomic E-state index is 5.56. The minimum Gasteiger partial charge on any atom is -0.478 e. The van der Waals surface area contributed by atoms with Gasteiger partial charge in [-0.3, -0.25) is 4.99 Å². The van der Waals surface area contributed by atoms with Crippen LogP contribution in [0.1, 0.15) is 45.1 Å². The van der Waals surface area contributed by atoms with E-state index in [0.29, 0.717) is 19.0 Å². The molecule has 25 heavy (non-hydrogen) atoms. The fourth-order valence-electron chi connectivity index (χ4n) is 3.20. The van der Waals surface area contributed by atoms with Crippen molar-refractivity contribution in [1.82, 2.24) is 20.5 Å². The molecule has 6 nitrogen and oxygen atoms in total. The van der Waals surface area contributed by atoms with Gasteiger partial charge < -0.3 is 20.3 Å². The second-order valence-corrected chi connectivity index (χ2v) is 6.49. The summed E-state index contributed by atoms with van der Waals surface area (Å²) in [4.78, 5) is 11.2. The SMILES string of the molecule is CCOc1ncccc1CNC(=NC)NCCCN1CCCCC1C. The van der Waals surface area contributed by atoms with Gasteiger partial charge in [0.2, 0.25) is 5.88 Å². The average Bonchev–Trinajstić information content (AvgIpc) is 2.64. The fraction of sp³-hybridized carbons (Fsp3) is 0.684. The van der Waals surface area contributed by atoms with Crippen molar-refractivity contribution >= 4 is 5.96 Å². The van der Waals surface area contributed by atoms with E-state index in [9.17, 15) is 0 Å². The maximum absolute atomic E-state index is 5.56. The van der Waals surface area contributed by atoms with E-state index in [1.54, 1.807) is 13.2 Å². The molecular formula is C19H33N5O. The molecule has 2 rings (SSSR count). The summed E-state index contributed by atoms with van der Waals surface area (Å²) in [6.07, 6.45) is 6.94. The Balaban J connectivity index is 1.70. The molecule has 0 bridgehead atoms. The molecule has 0 radical (unpaired) electrons. The van der Waals surface area contributed by atoms with E-state index < -0.39 is 0 Å². The molecule has 1 aromatic rings. The standard InChI is InChI=1S/C19H33N5O/c1-4-25-18-17(10-7-11-21-18)15-23-19(20-3)22-12-8-14-24-13-6-5-9-16(24)2/h7,10-11,16H,4-6,8-9,12-15H2,1-3H3,(H2,20,22,23). The summed E-state index contributed by atoms with van der Waals surface area (Å²) in [6, 6.07) is 4.68. The molecule has 2 N–H and O–H groups in total. The number of hydrogen-bond donors (Lipinski definition) is 2. The number of likely N-dealkylation sites (tertiary alicyclic amines) is 1. The number of piperidine rings is 1. The first kappa shape index (κ1) is 19.5. The van der Waals surface area contributed by atoms with Gasteiger partial charge in [0.25, 0.3) is 0 Å². The molecule has 1 saturated heterocycles. The molecule has 0 spiro atoms. The number of aromatic nitrogens is 1. The molecule has 1 unspecified atom stereocenters. The summed E-state index contributed by atoms with van der Waals surface area (Å²) in [5, 5.41) is 6.73. The summed E-state index contributed by atoms with van der Waals surface area (Å²) in [6.45, 7) is 8.90. The number of pyridine rings is 1. The van der Waals surface area contributed by atoms with Crippen LogP contribution in [0, 0.1) is 0 Å². The van der Waals surface area contributed by atoms with Gasteiger partial charge in [0.05, 0.1) is 6.61 Å². The van der Waals surface area contributed by atoms with Gasteiger partial charge in [-0.1, -0.05) is 12.5 Å². The summed E-state index contributed by atoms with van der Waals surface area (Å²) < 4.78 is 5.56. The zero-order chi connectivity index (χ0) is 17.9. The zero-order valence-electron chi connectivity index (χ0n) is 15.9. The van der Waals surface area contributed by atoms with Crippen LogP contribution in [-0.2, 0) is 6.54 Å². The molecule has 1 aromatic heterocycles. The van der Waals surface area contributed by atoms with Gasteiger partial charge in [0.1, 0.15) is 0 Å². The van der Waals surface area contributed by atoms with Crippen molar-refractivity contribution in [3.8, 4) is 5.88 Å². The van der Waals surface area contributed by atoms with E-state index in [-0.39, 0.29) is 0 Å². The minimum absolute atomic E-state index is 0.617. The average molecular weight is 348 g/mol. The highest BCUT2D eigenvalue weighted by molar-refractivity contribution is 5.79. The number of nitrogens with one attached hydrogen (secondary N) is 2. The fourth-order valence-corrected chi connectivity index (χ4v) is 3.20. The molecule has 1 fully saturated rings. The Labute approximate surface area is 152 Å². The van der Waals surface area contributed by atoms with Gasteiger partial charge in [-0.25, -0.2) is 4.98 Å². The normalized spacial score (nSPS) is 18.8. The number of aliphatic imine (C=N–C) groups is 1. The highest BCUT2D eigenvalue weighted by Gasteiger charge is 2.17. The van der Waals surface area contributed by atoms with Crippen LogP contribution in [0.5, 0.6) is 5.88 Å². The number of ether oxygens (including phenoxy) is 1. The van der Waals surface area contributed by atoms with Crippen LogP contribution in [0.3, 0.4) is 0 Å². The lowest BCUT2D eigenvalue weighted by Gasteiger charge is -2.33. The topological polar surface area (TPSA) is 61.8 Å². The highest BCUT2D eigenvalue weighted by Crippen LogP contribution is 2.16. The van der Waals surface area contributed by atoms with Crippen LogP contribution < -0.4 is 15.4 Å². The van der Waals surface area contributed by atoms with Crippen LogP contribution in [0.2, 0.25) is 0 Å². The Bertz CT molecular complexity index is 534. The Kier molecular flexibility index (Phi) is 8.52. The van der Waals surface area contributed by atoms with Crippen LogP contribution in [0.15, 0.2) is 23.3 Å². The van der Waals surface area contributed by atoms with Crippen molar-refractivity contribution in [2.45, 2.75) is 52.1 Å². The van der Waals surface area contributed by atoms with Gasteiger partial charge in [0, 0.05) is 44.5 Å². The van der Waals surface area contributed by atoms with Crippen molar-refractivity contribution in [3.63, 3.8) is 0 Å². The van der Waals surface area contributed by atoms with Gasteiger partial charge in [-0.05, 0) is 45.7 Å². The van der Waals surface area contributed by atoms with Crippen molar-refractivity contribution in [1.29, 1.82) is 0 Å². The largest absolute Gasteiger partial charge is 0.478 e. The molecule has 6 heteroatoms. The first-order valence-corrected chi connectivity index (χ1v) is 9.49. The monoisotopic (exact) mass is 347 g/mol. The number of rotatable bonds is 8. The van der Waals surface area contributed by atoms with Crippen molar-refractivity contribution < 1.29 is 4.74 Å². The van der Waals surface area contributed by atoms with E-state index in [2.05, 4.69) is 32.4 Å². The van der Waals surface area contributed by atoms with Crippen LogP contribution >= 0.6 is 0 Å². The maximum Gasteiger partial charge on any atom is 0.218 e. The lowest BCUT2D eigenvalue weighted by atomic mass is 10.0. The predicted octanol–water partition coefficient (Wildman–Crippen LogP) is 2.41. The molecular weight excluding hydrogens is 314 g/mol. The zero-order valence-corrected chi connectivity index (χ0v) is 15.9.